The predicted molar refractivity (Wildman–Crippen MR) is 111 cm³/mol. The van der Waals surface area contributed by atoms with Gasteiger partial charge in [0.25, 0.3) is 0 Å². The van der Waals surface area contributed by atoms with Crippen LogP contribution in [0.2, 0.25) is 0 Å². The summed E-state index contributed by atoms with van der Waals surface area (Å²) in [5.41, 5.74) is 1.77. The quantitative estimate of drug-likeness (QED) is 0.485. The Morgan fingerprint density at radius 1 is 0.714 bits per heavy atom. The Kier molecular flexibility index (Phi) is 3.63. The molecule has 4 aromatic carbocycles. The molecule has 0 spiro atoms. The van der Waals surface area contributed by atoms with Gasteiger partial charge in [-0.3, -0.25) is 0 Å². The first kappa shape index (κ1) is 16.5. The number of phenolic OH excluding ortho intramolecular Hbond substituents is 2. The minimum Gasteiger partial charge on any atom is -0.508 e. The lowest BCUT2D eigenvalue weighted by molar-refractivity contribution is 0.155. The number of phenols is 2. The number of ether oxygens (including phenoxy) is 1. The van der Waals surface area contributed by atoms with Crippen molar-refractivity contribution in [1.82, 2.24) is 0 Å². The normalized spacial score (nSPS) is 17.9. The van der Waals surface area contributed by atoms with Crippen LogP contribution >= 0.6 is 0 Å². The lowest BCUT2D eigenvalue weighted by atomic mass is 9.83. The van der Waals surface area contributed by atoms with E-state index in [1.165, 1.54) is 0 Å². The van der Waals surface area contributed by atoms with E-state index >= 15 is 0 Å². The molecule has 0 bridgehead atoms. The standard InChI is InChI=1S/C25H18O3/c26-20-12-10-19(11-13-20)25(18-7-2-1-3-8-18)15-14-22-21-9-5-4-6-17(21)16-23(27)24(22)28-25/h1-16,26-27H. The number of benzene rings is 4. The third-order valence-electron chi connectivity index (χ3n) is 5.27. The van der Waals surface area contributed by atoms with Crippen molar-refractivity contribution in [3.05, 3.63) is 108 Å². The van der Waals surface area contributed by atoms with Crippen molar-refractivity contribution in [3.8, 4) is 17.2 Å². The summed E-state index contributed by atoms with van der Waals surface area (Å²) in [6, 6.07) is 26.5. The monoisotopic (exact) mass is 366 g/mol. The molecule has 1 atom stereocenters. The van der Waals surface area contributed by atoms with Gasteiger partial charge in [-0.2, -0.15) is 0 Å². The van der Waals surface area contributed by atoms with Crippen LogP contribution < -0.4 is 4.74 Å². The molecule has 3 heteroatoms. The van der Waals surface area contributed by atoms with Gasteiger partial charge in [-0.05, 0) is 41.1 Å². The zero-order valence-corrected chi connectivity index (χ0v) is 15.0. The lowest BCUT2D eigenvalue weighted by Gasteiger charge is -2.36. The van der Waals surface area contributed by atoms with E-state index in [0.717, 1.165) is 27.5 Å². The maximum absolute atomic E-state index is 10.7. The molecule has 5 rings (SSSR count). The molecule has 0 radical (unpaired) electrons. The van der Waals surface area contributed by atoms with E-state index in [0.29, 0.717) is 5.75 Å². The van der Waals surface area contributed by atoms with E-state index in [1.807, 2.05) is 78.9 Å². The van der Waals surface area contributed by atoms with Gasteiger partial charge in [0.2, 0.25) is 0 Å². The van der Waals surface area contributed by atoms with Crippen molar-refractivity contribution in [2.24, 2.45) is 0 Å². The molecule has 1 unspecified atom stereocenters. The van der Waals surface area contributed by atoms with Crippen LogP contribution in [-0.2, 0) is 5.60 Å². The molecular formula is C25H18O3. The minimum absolute atomic E-state index is 0.108. The van der Waals surface area contributed by atoms with Crippen LogP contribution in [0.3, 0.4) is 0 Å². The van der Waals surface area contributed by atoms with Crippen LogP contribution in [0.4, 0.5) is 0 Å². The molecule has 136 valence electrons. The number of hydrogen-bond acceptors (Lipinski definition) is 3. The number of hydrogen-bond donors (Lipinski definition) is 2. The predicted octanol–water partition coefficient (Wildman–Crippen LogP) is 5.60. The Hall–Kier alpha value is -3.72. The van der Waals surface area contributed by atoms with Gasteiger partial charge >= 0.3 is 0 Å². The number of aromatic hydroxyl groups is 2. The van der Waals surface area contributed by atoms with Gasteiger partial charge in [-0.15, -0.1) is 0 Å². The fourth-order valence-corrected chi connectivity index (χ4v) is 3.88. The highest BCUT2D eigenvalue weighted by atomic mass is 16.5. The number of rotatable bonds is 2. The summed E-state index contributed by atoms with van der Waals surface area (Å²) in [5.74, 6) is 0.760. The largest absolute Gasteiger partial charge is 0.508 e. The van der Waals surface area contributed by atoms with Gasteiger partial charge in [-0.1, -0.05) is 66.7 Å². The Balaban J connectivity index is 1.77. The van der Waals surface area contributed by atoms with Crippen LogP contribution in [0.1, 0.15) is 16.7 Å². The average molecular weight is 366 g/mol. The molecule has 0 amide bonds. The molecule has 0 fully saturated rings. The number of fused-ring (bicyclic) bond motifs is 3. The van der Waals surface area contributed by atoms with Crippen LogP contribution in [0.25, 0.3) is 16.8 Å². The summed E-state index contributed by atoms with van der Waals surface area (Å²) >= 11 is 0. The van der Waals surface area contributed by atoms with Crippen LogP contribution in [-0.4, -0.2) is 10.2 Å². The molecule has 0 saturated heterocycles. The lowest BCUT2D eigenvalue weighted by Crippen LogP contribution is -2.34. The first-order valence-electron chi connectivity index (χ1n) is 9.15. The summed E-state index contributed by atoms with van der Waals surface area (Å²) in [6.45, 7) is 0. The first-order valence-corrected chi connectivity index (χ1v) is 9.15. The van der Waals surface area contributed by atoms with E-state index in [4.69, 9.17) is 4.74 Å². The summed E-state index contributed by atoms with van der Waals surface area (Å²) in [5, 5.41) is 22.4. The fraction of sp³-hybridized carbons (Fsp3) is 0.0400. The maximum Gasteiger partial charge on any atom is 0.178 e. The molecule has 1 aliphatic rings. The molecule has 0 saturated carbocycles. The van der Waals surface area contributed by atoms with Gasteiger partial charge in [0.15, 0.2) is 17.1 Å². The maximum atomic E-state index is 10.7. The van der Waals surface area contributed by atoms with Crippen molar-refractivity contribution in [1.29, 1.82) is 0 Å². The first-order chi connectivity index (χ1) is 13.7. The minimum atomic E-state index is -0.901. The Morgan fingerprint density at radius 2 is 1.39 bits per heavy atom. The SMILES string of the molecule is Oc1ccc(C2(c3ccccc3)C=Cc3c(c(O)cc4ccccc34)O2)cc1. The molecule has 1 heterocycles. The summed E-state index contributed by atoms with van der Waals surface area (Å²) in [6.07, 6.45) is 4.03. The summed E-state index contributed by atoms with van der Waals surface area (Å²) in [4.78, 5) is 0. The van der Waals surface area contributed by atoms with Crippen molar-refractivity contribution in [3.63, 3.8) is 0 Å². The zero-order chi connectivity index (χ0) is 19.1. The smallest absolute Gasteiger partial charge is 0.178 e. The summed E-state index contributed by atoms with van der Waals surface area (Å²) < 4.78 is 6.55. The highest BCUT2D eigenvalue weighted by molar-refractivity contribution is 5.96. The van der Waals surface area contributed by atoms with Crippen LogP contribution in [0.5, 0.6) is 17.2 Å². The molecule has 3 nitrogen and oxygen atoms in total. The van der Waals surface area contributed by atoms with Crippen LogP contribution in [0, 0.1) is 0 Å². The highest BCUT2D eigenvalue weighted by Gasteiger charge is 2.38. The van der Waals surface area contributed by atoms with Crippen molar-refractivity contribution in [2.45, 2.75) is 5.60 Å². The molecule has 4 aromatic rings. The van der Waals surface area contributed by atoms with E-state index in [9.17, 15) is 10.2 Å². The van der Waals surface area contributed by atoms with Gasteiger partial charge < -0.3 is 14.9 Å². The molecule has 2 N–H and O–H groups in total. The second kappa shape index (κ2) is 6.17. The summed E-state index contributed by atoms with van der Waals surface area (Å²) in [7, 11) is 0. The topological polar surface area (TPSA) is 49.7 Å². The second-order valence-electron chi connectivity index (χ2n) is 6.94. The average Bonchev–Trinajstić information content (AvgIpc) is 2.75. The second-order valence-corrected chi connectivity index (χ2v) is 6.94. The Labute approximate surface area is 162 Å². The fourth-order valence-electron chi connectivity index (χ4n) is 3.88. The molecule has 1 aliphatic heterocycles. The van der Waals surface area contributed by atoms with E-state index in [-0.39, 0.29) is 11.5 Å². The zero-order valence-electron chi connectivity index (χ0n) is 15.0. The Morgan fingerprint density at radius 3 is 2.18 bits per heavy atom. The van der Waals surface area contributed by atoms with E-state index in [1.54, 1.807) is 18.2 Å². The van der Waals surface area contributed by atoms with Crippen molar-refractivity contribution in [2.75, 3.05) is 0 Å². The molecule has 28 heavy (non-hydrogen) atoms. The van der Waals surface area contributed by atoms with E-state index in [2.05, 4.69) is 0 Å². The molecule has 0 aliphatic carbocycles. The highest BCUT2D eigenvalue weighted by Crippen LogP contribution is 2.48. The molecular weight excluding hydrogens is 348 g/mol. The van der Waals surface area contributed by atoms with E-state index < -0.39 is 5.60 Å². The van der Waals surface area contributed by atoms with Crippen molar-refractivity contribution < 1.29 is 14.9 Å². The molecule has 0 aromatic heterocycles. The van der Waals surface area contributed by atoms with Gasteiger partial charge in [0.05, 0.1) is 0 Å². The Bertz CT molecular complexity index is 1190. The third-order valence-corrected chi connectivity index (χ3v) is 5.27. The van der Waals surface area contributed by atoms with Gasteiger partial charge in [0.1, 0.15) is 5.75 Å². The van der Waals surface area contributed by atoms with Gasteiger partial charge in [0, 0.05) is 16.7 Å². The van der Waals surface area contributed by atoms with Crippen molar-refractivity contribution >= 4 is 16.8 Å². The third kappa shape index (κ3) is 2.44. The van der Waals surface area contributed by atoms with Crippen LogP contribution in [0.15, 0.2) is 91.0 Å². The van der Waals surface area contributed by atoms with Gasteiger partial charge in [-0.25, -0.2) is 0 Å².